The average molecular weight is 492 g/mol. The van der Waals surface area contributed by atoms with Crippen molar-refractivity contribution < 1.29 is 0 Å². The predicted octanol–water partition coefficient (Wildman–Crippen LogP) is 5.08. The monoisotopic (exact) mass is 491 g/mol. The van der Waals surface area contributed by atoms with Gasteiger partial charge in [-0.15, -0.1) is 0 Å². The van der Waals surface area contributed by atoms with Gasteiger partial charge in [-0.3, -0.25) is 4.79 Å². The van der Waals surface area contributed by atoms with Crippen molar-refractivity contribution in [1.29, 1.82) is 0 Å². The molecule has 32 heavy (non-hydrogen) atoms. The van der Waals surface area contributed by atoms with Gasteiger partial charge in [0.05, 0.1) is 17.1 Å². The topological polar surface area (TPSA) is 55.4 Å². The molecule has 0 saturated carbocycles. The van der Waals surface area contributed by atoms with Crippen LogP contribution in [-0.2, 0) is 6.42 Å². The van der Waals surface area contributed by atoms with Crippen LogP contribution in [0.5, 0.6) is 0 Å². The van der Waals surface area contributed by atoms with Crippen molar-refractivity contribution >= 4 is 38.7 Å². The lowest BCUT2D eigenvalue weighted by Gasteiger charge is -2.14. The van der Waals surface area contributed by atoms with E-state index in [0.717, 1.165) is 32.8 Å². The number of nitrogens with zero attached hydrogens (tertiary/aromatic N) is 5. The van der Waals surface area contributed by atoms with Gasteiger partial charge < -0.3 is 9.47 Å². The summed E-state index contributed by atoms with van der Waals surface area (Å²) < 4.78 is 4.44. The van der Waals surface area contributed by atoms with Gasteiger partial charge in [-0.1, -0.05) is 22.9 Å². The van der Waals surface area contributed by atoms with Gasteiger partial charge in [0.15, 0.2) is 0 Å². The van der Waals surface area contributed by atoms with E-state index in [1.807, 2.05) is 33.2 Å². The van der Waals surface area contributed by atoms with Gasteiger partial charge in [-0.05, 0) is 62.4 Å². The number of aryl methyl sites for hydroxylation is 2. The summed E-state index contributed by atoms with van der Waals surface area (Å²) in [6.45, 7) is 6.11. The number of anilines is 1. The molecule has 0 unspecified atom stereocenters. The summed E-state index contributed by atoms with van der Waals surface area (Å²) in [5, 5.41) is 5.10. The molecule has 0 bridgehead atoms. The summed E-state index contributed by atoms with van der Waals surface area (Å²) in [5.74, 6) is 0.633. The lowest BCUT2D eigenvalue weighted by atomic mass is 10.2. The molecule has 0 aliphatic carbocycles. The zero-order chi connectivity index (χ0) is 23.0. The van der Waals surface area contributed by atoms with Crippen molar-refractivity contribution in [3.63, 3.8) is 0 Å². The fraction of sp³-hybridized carbons (Fsp3) is 0.240. The fourth-order valence-corrected chi connectivity index (χ4v) is 4.24. The van der Waals surface area contributed by atoms with Gasteiger partial charge in [0, 0.05) is 53.3 Å². The number of benzene rings is 2. The predicted molar refractivity (Wildman–Crippen MR) is 136 cm³/mol. The molecule has 0 amide bonds. The van der Waals surface area contributed by atoms with Crippen LogP contribution in [0.1, 0.15) is 29.7 Å². The highest BCUT2D eigenvalue weighted by Gasteiger charge is 2.12. The summed E-state index contributed by atoms with van der Waals surface area (Å²) >= 11 is 3.44. The van der Waals surface area contributed by atoms with Crippen molar-refractivity contribution in [3.8, 4) is 5.69 Å². The van der Waals surface area contributed by atoms with E-state index in [2.05, 4.69) is 79.7 Å². The van der Waals surface area contributed by atoms with Crippen LogP contribution in [0.25, 0.3) is 16.6 Å². The fourth-order valence-electron chi connectivity index (χ4n) is 3.88. The number of hydrogen-bond acceptors (Lipinski definition) is 4. The lowest BCUT2D eigenvalue weighted by Crippen LogP contribution is -2.22. The smallest absolute Gasteiger partial charge is 0.282 e. The highest BCUT2D eigenvalue weighted by Crippen LogP contribution is 2.22. The molecule has 2 aromatic heterocycles. The van der Waals surface area contributed by atoms with E-state index in [-0.39, 0.29) is 5.56 Å². The minimum absolute atomic E-state index is 0.169. The van der Waals surface area contributed by atoms with Crippen LogP contribution in [0, 0.1) is 13.8 Å². The summed E-state index contributed by atoms with van der Waals surface area (Å²) in [4.78, 5) is 19.8. The Morgan fingerprint density at radius 3 is 2.47 bits per heavy atom. The molecule has 0 N–H and O–H groups in total. The minimum atomic E-state index is -0.169. The van der Waals surface area contributed by atoms with Crippen molar-refractivity contribution in [1.82, 2.24) is 14.2 Å². The molecule has 7 heteroatoms. The molecule has 164 valence electrons. The van der Waals surface area contributed by atoms with Crippen molar-refractivity contribution in [2.24, 2.45) is 5.10 Å². The van der Waals surface area contributed by atoms with Crippen LogP contribution in [0.15, 0.2) is 62.9 Å². The molecule has 0 saturated heterocycles. The Balaban J connectivity index is 1.76. The molecular formula is C25H26BrN5O. The Morgan fingerprint density at radius 1 is 1.09 bits per heavy atom. The second-order valence-corrected chi connectivity index (χ2v) is 8.89. The SMILES string of the molecule is CCc1nc2ccc(Br)cc2c(=O)n1N=Cc1cc(C)n(-c2ccc(N(C)C)cc2)c1C. The van der Waals surface area contributed by atoms with Crippen LogP contribution in [0.2, 0.25) is 0 Å². The number of rotatable bonds is 5. The Labute approximate surface area is 196 Å². The second kappa shape index (κ2) is 8.74. The zero-order valence-corrected chi connectivity index (χ0v) is 20.5. The molecular weight excluding hydrogens is 466 g/mol. The Hall–Kier alpha value is -3.19. The van der Waals surface area contributed by atoms with E-state index in [9.17, 15) is 4.79 Å². The van der Waals surface area contributed by atoms with E-state index in [1.54, 1.807) is 12.3 Å². The maximum atomic E-state index is 13.1. The summed E-state index contributed by atoms with van der Waals surface area (Å²) in [6.07, 6.45) is 2.36. The molecule has 0 fully saturated rings. The van der Waals surface area contributed by atoms with Gasteiger partial charge >= 0.3 is 0 Å². The maximum Gasteiger partial charge on any atom is 0.282 e. The van der Waals surface area contributed by atoms with Crippen molar-refractivity contribution in [2.75, 3.05) is 19.0 Å². The highest BCUT2D eigenvalue weighted by atomic mass is 79.9. The quantitative estimate of drug-likeness (QED) is 0.366. The van der Waals surface area contributed by atoms with Crippen LogP contribution >= 0.6 is 15.9 Å². The first kappa shape index (κ1) is 22.0. The van der Waals surface area contributed by atoms with E-state index >= 15 is 0 Å². The molecule has 2 heterocycles. The Bertz CT molecular complexity index is 1380. The molecule has 4 rings (SSSR count). The average Bonchev–Trinajstić information content (AvgIpc) is 3.06. The zero-order valence-electron chi connectivity index (χ0n) is 18.9. The third-order valence-corrected chi connectivity index (χ3v) is 6.09. The molecule has 2 aromatic carbocycles. The van der Waals surface area contributed by atoms with Crippen molar-refractivity contribution in [3.05, 3.63) is 86.1 Å². The lowest BCUT2D eigenvalue weighted by molar-refractivity contribution is 0.734. The Kier molecular flexibility index (Phi) is 6.02. The van der Waals surface area contributed by atoms with Crippen LogP contribution in [-0.4, -0.2) is 34.5 Å². The Morgan fingerprint density at radius 2 is 1.81 bits per heavy atom. The molecule has 0 atom stereocenters. The number of halogens is 1. The van der Waals surface area contributed by atoms with Crippen LogP contribution < -0.4 is 10.5 Å². The van der Waals surface area contributed by atoms with Gasteiger partial charge in [-0.2, -0.15) is 9.78 Å². The normalized spacial score (nSPS) is 11.6. The first-order chi connectivity index (χ1) is 15.3. The van der Waals surface area contributed by atoms with Gasteiger partial charge in [0.2, 0.25) is 0 Å². The van der Waals surface area contributed by atoms with Gasteiger partial charge in [-0.25, -0.2) is 4.98 Å². The molecule has 4 aromatic rings. The van der Waals surface area contributed by atoms with E-state index < -0.39 is 0 Å². The van der Waals surface area contributed by atoms with E-state index in [4.69, 9.17) is 0 Å². The largest absolute Gasteiger partial charge is 0.378 e. The third-order valence-electron chi connectivity index (χ3n) is 5.60. The minimum Gasteiger partial charge on any atom is -0.378 e. The van der Waals surface area contributed by atoms with Gasteiger partial charge in [0.1, 0.15) is 5.82 Å². The maximum absolute atomic E-state index is 13.1. The third kappa shape index (κ3) is 4.00. The molecule has 0 aliphatic rings. The molecule has 6 nitrogen and oxygen atoms in total. The summed E-state index contributed by atoms with van der Waals surface area (Å²) in [6, 6.07) is 16.1. The standard InChI is InChI=1S/C25H26BrN5O/c1-6-24-28-23-12-7-19(26)14-22(23)25(32)31(24)27-15-18-13-16(2)30(17(18)3)21-10-8-20(9-11-21)29(4)5/h7-15H,6H2,1-5H3. The first-order valence-corrected chi connectivity index (χ1v) is 11.3. The molecule has 0 spiro atoms. The number of hydrogen-bond donors (Lipinski definition) is 0. The second-order valence-electron chi connectivity index (χ2n) is 7.98. The molecule has 0 radical (unpaired) electrons. The number of aromatic nitrogens is 3. The summed E-state index contributed by atoms with van der Waals surface area (Å²) in [5.41, 5.74) is 5.88. The highest BCUT2D eigenvalue weighted by molar-refractivity contribution is 9.10. The van der Waals surface area contributed by atoms with E-state index in [0.29, 0.717) is 23.1 Å². The first-order valence-electron chi connectivity index (χ1n) is 10.5. The van der Waals surface area contributed by atoms with Gasteiger partial charge in [0.25, 0.3) is 5.56 Å². The summed E-state index contributed by atoms with van der Waals surface area (Å²) in [7, 11) is 4.06. The van der Waals surface area contributed by atoms with Crippen molar-refractivity contribution in [2.45, 2.75) is 27.2 Å². The number of fused-ring (bicyclic) bond motifs is 1. The van der Waals surface area contributed by atoms with Crippen LogP contribution in [0.3, 0.4) is 0 Å². The van der Waals surface area contributed by atoms with Crippen LogP contribution in [0.4, 0.5) is 5.69 Å². The van der Waals surface area contributed by atoms with E-state index in [1.165, 1.54) is 4.68 Å². The molecule has 0 aliphatic heterocycles.